The van der Waals surface area contributed by atoms with Crippen molar-refractivity contribution in [3.05, 3.63) is 0 Å². The molecule has 0 fully saturated rings. The van der Waals surface area contributed by atoms with Gasteiger partial charge in [-0.3, -0.25) is 14.4 Å². The zero-order chi connectivity index (χ0) is 18.1. The highest BCUT2D eigenvalue weighted by atomic mass is 16.4. The van der Waals surface area contributed by atoms with Gasteiger partial charge in [-0.05, 0) is 32.2 Å². The molecule has 0 aromatic heterocycles. The molecular weight excluding hydrogens is 304 g/mol. The maximum atomic E-state index is 10.1. The van der Waals surface area contributed by atoms with Gasteiger partial charge in [0, 0.05) is 12.8 Å². The van der Waals surface area contributed by atoms with E-state index >= 15 is 0 Å². The Balaban J connectivity index is 0. The summed E-state index contributed by atoms with van der Waals surface area (Å²) in [4.78, 5) is 30.3. The molecule has 0 heterocycles. The lowest BCUT2D eigenvalue weighted by molar-refractivity contribution is -0.139. The van der Waals surface area contributed by atoms with Crippen molar-refractivity contribution in [3.63, 3.8) is 0 Å². The van der Waals surface area contributed by atoms with Gasteiger partial charge in [0.2, 0.25) is 0 Å². The molecule has 0 spiro atoms. The van der Waals surface area contributed by atoms with Crippen LogP contribution in [0.1, 0.15) is 64.2 Å². The predicted octanol–water partition coefficient (Wildman–Crippen LogP) is 1.41. The smallest absolute Gasteiger partial charge is 0.320 e. The highest BCUT2D eigenvalue weighted by Crippen LogP contribution is 2.06. The van der Waals surface area contributed by atoms with E-state index in [-0.39, 0.29) is 12.8 Å². The summed E-state index contributed by atoms with van der Waals surface area (Å²) in [5.41, 5.74) is 10.4. The van der Waals surface area contributed by atoms with Gasteiger partial charge in [-0.15, -0.1) is 0 Å². The van der Waals surface area contributed by atoms with Gasteiger partial charge in [0.1, 0.15) is 6.04 Å². The van der Waals surface area contributed by atoms with E-state index in [1.165, 1.54) is 0 Å². The number of hydrogen-bond acceptors (Lipinski definition) is 5. The molecule has 0 bridgehead atoms. The van der Waals surface area contributed by atoms with Crippen molar-refractivity contribution in [3.8, 4) is 0 Å². The second-order valence-corrected chi connectivity index (χ2v) is 5.28. The van der Waals surface area contributed by atoms with Crippen LogP contribution in [0.5, 0.6) is 0 Å². The third-order valence-corrected chi connectivity index (χ3v) is 3.07. The first-order valence-corrected chi connectivity index (χ1v) is 7.93. The van der Waals surface area contributed by atoms with Crippen LogP contribution in [0.25, 0.3) is 0 Å². The van der Waals surface area contributed by atoms with Crippen LogP contribution in [-0.4, -0.2) is 45.8 Å². The number of hydrogen-bond donors (Lipinski definition) is 5. The number of carboxylic acid groups (broad SMARTS) is 3. The Bertz CT molecular complexity index is 318. The van der Waals surface area contributed by atoms with Crippen molar-refractivity contribution >= 4 is 17.9 Å². The fourth-order valence-corrected chi connectivity index (χ4v) is 1.71. The largest absolute Gasteiger partial charge is 0.481 e. The van der Waals surface area contributed by atoms with E-state index < -0.39 is 23.9 Å². The van der Waals surface area contributed by atoms with Gasteiger partial charge in [-0.1, -0.05) is 25.7 Å². The standard InChI is InChI=1S/C9H16O4.C6H14N2O2/c10-8(11)6-4-2-1-3-5-7-9(12)13;7-4-2-1-3-5(8)6(9)10/h1-7H2,(H,10,11)(H,12,13);5H,1-4,7-8H2,(H,9,10). The van der Waals surface area contributed by atoms with Gasteiger partial charge in [-0.2, -0.15) is 0 Å². The summed E-state index contributed by atoms with van der Waals surface area (Å²) >= 11 is 0. The third-order valence-electron chi connectivity index (χ3n) is 3.07. The van der Waals surface area contributed by atoms with E-state index in [4.69, 9.17) is 26.8 Å². The zero-order valence-corrected chi connectivity index (χ0v) is 13.6. The average molecular weight is 334 g/mol. The Morgan fingerprint density at radius 2 is 1.17 bits per heavy atom. The molecule has 0 aromatic carbocycles. The Kier molecular flexibility index (Phi) is 17.1. The quantitative estimate of drug-likeness (QED) is 0.315. The summed E-state index contributed by atoms with van der Waals surface area (Å²) in [7, 11) is 0. The summed E-state index contributed by atoms with van der Waals surface area (Å²) in [5, 5.41) is 24.9. The predicted molar refractivity (Wildman–Crippen MR) is 86.1 cm³/mol. The number of rotatable bonds is 13. The van der Waals surface area contributed by atoms with Crippen molar-refractivity contribution in [2.24, 2.45) is 11.5 Å². The van der Waals surface area contributed by atoms with Gasteiger partial charge >= 0.3 is 17.9 Å². The van der Waals surface area contributed by atoms with Gasteiger partial charge < -0.3 is 26.8 Å². The summed E-state index contributed by atoms with van der Waals surface area (Å²) in [6.07, 6.45) is 6.69. The number of carbonyl (C=O) groups is 3. The molecule has 8 heteroatoms. The Hall–Kier alpha value is -1.67. The molecule has 0 radical (unpaired) electrons. The second-order valence-electron chi connectivity index (χ2n) is 5.28. The van der Waals surface area contributed by atoms with Gasteiger partial charge in [0.15, 0.2) is 0 Å². The number of nitrogens with two attached hydrogens (primary N) is 2. The molecular formula is C15H30N2O6. The van der Waals surface area contributed by atoms with E-state index in [0.29, 0.717) is 25.8 Å². The molecule has 8 nitrogen and oxygen atoms in total. The van der Waals surface area contributed by atoms with Crippen molar-refractivity contribution in [2.45, 2.75) is 70.3 Å². The molecule has 0 aliphatic carbocycles. The van der Waals surface area contributed by atoms with Gasteiger partial charge in [0.25, 0.3) is 0 Å². The molecule has 0 amide bonds. The Morgan fingerprint density at radius 1 is 0.739 bits per heavy atom. The molecule has 0 aromatic rings. The second kappa shape index (κ2) is 16.7. The molecule has 1 unspecified atom stereocenters. The van der Waals surface area contributed by atoms with Crippen LogP contribution in [0, 0.1) is 0 Å². The van der Waals surface area contributed by atoms with E-state index in [0.717, 1.165) is 32.1 Å². The number of aliphatic carboxylic acids is 3. The van der Waals surface area contributed by atoms with Crippen molar-refractivity contribution in [2.75, 3.05) is 6.54 Å². The fourth-order valence-electron chi connectivity index (χ4n) is 1.71. The minimum absolute atomic E-state index is 0.221. The average Bonchev–Trinajstić information content (AvgIpc) is 2.46. The molecule has 0 saturated heterocycles. The molecule has 136 valence electrons. The topological polar surface area (TPSA) is 164 Å². The minimum atomic E-state index is -0.933. The van der Waals surface area contributed by atoms with E-state index in [9.17, 15) is 14.4 Å². The molecule has 0 saturated carbocycles. The molecule has 0 rings (SSSR count). The molecule has 1 atom stereocenters. The monoisotopic (exact) mass is 334 g/mol. The summed E-state index contributed by atoms with van der Waals surface area (Å²) in [6.45, 7) is 0.604. The first-order chi connectivity index (χ1) is 10.8. The Labute approximate surface area is 136 Å². The highest BCUT2D eigenvalue weighted by molar-refractivity contribution is 5.72. The fraction of sp³-hybridized carbons (Fsp3) is 0.800. The first-order valence-electron chi connectivity index (χ1n) is 7.93. The Morgan fingerprint density at radius 3 is 1.52 bits per heavy atom. The van der Waals surface area contributed by atoms with Crippen LogP contribution in [-0.2, 0) is 14.4 Å². The van der Waals surface area contributed by atoms with E-state index in [1.807, 2.05) is 0 Å². The molecule has 7 N–H and O–H groups in total. The van der Waals surface area contributed by atoms with E-state index in [2.05, 4.69) is 0 Å². The molecule has 0 aliphatic rings. The lowest BCUT2D eigenvalue weighted by atomic mass is 10.1. The first kappa shape index (κ1) is 23.6. The summed E-state index contributed by atoms with van der Waals surface area (Å²) < 4.78 is 0. The van der Waals surface area contributed by atoms with Crippen LogP contribution in [0.3, 0.4) is 0 Å². The van der Waals surface area contributed by atoms with E-state index in [1.54, 1.807) is 0 Å². The molecule has 23 heavy (non-hydrogen) atoms. The summed E-state index contributed by atoms with van der Waals surface area (Å²) in [5.74, 6) is -2.45. The van der Waals surface area contributed by atoms with Gasteiger partial charge in [0.05, 0.1) is 0 Å². The van der Waals surface area contributed by atoms with Crippen molar-refractivity contribution < 1.29 is 29.7 Å². The lowest BCUT2D eigenvalue weighted by Gasteiger charge is -2.03. The maximum Gasteiger partial charge on any atom is 0.320 e. The van der Waals surface area contributed by atoms with Crippen LogP contribution in [0.4, 0.5) is 0 Å². The SMILES string of the molecule is NCCCCC(N)C(=O)O.O=C(O)CCCCCCCC(=O)O. The van der Waals surface area contributed by atoms with Crippen LogP contribution in [0.2, 0.25) is 0 Å². The lowest BCUT2D eigenvalue weighted by Crippen LogP contribution is -2.29. The highest BCUT2D eigenvalue weighted by Gasteiger charge is 2.09. The zero-order valence-electron chi connectivity index (χ0n) is 13.6. The van der Waals surface area contributed by atoms with Crippen molar-refractivity contribution in [1.29, 1.82) is 0 Å². The van der Waals surface area contributed by atoms with Crippen LogP contribution >= 0.6 is 0 Å². The van der Waals surface area contributed by atoms with Crippen LogP contribution < -0.4 is 11.5 Å². The summed E-state index contributed by atoms with van der Waals surface area (Å²) in [6, 6.07) is -0.716. The third kappa shape index (κ3) is 22.7. The van der Waals surface area contributed by atoms with Gasteiger partial charge in [-0.25, -0.2) is 0 Å². The molecule has 0 aliphatic heterocycles. The number of carboxylic acids is 3. The normalized spacial score (nSPS) is 11.2. The van der Waals surface area contributed by atoms with Crippen LogP contribution in [0.15, 0.2) is 0 Å². The maximum absolute atomic E-state index is 10.1. The number of unbranched alkanes of at least 4 members (excludes halogenated alkanes) is 5. The minimum Gasteiger partial charge on any atom is -0.481 e. The van der Waals surface area contributed by atoms with Crippen molar-refractivity contribution in [1.82, 2.24) is 0 Å².